The monoisotopic (exact) mass is 319 g/mol. The number of fused-ring (bicyclic) bond motifs is 1. The van der Waals surface area contributed by atoms with E-state index in [1.165, 1.54) is 5.01 Å². The number of anilines is 1. The van der Waals surface area contributed by atoms with Crippen molar-refractivity contribution in [1.82, 2.24) is 4.90 Å². The summed E-state index contributed by atoms with van der Waals surface area (Å²) in [7, 11) is 0. The summed E-state index contributed by atoms with van der Waals surface area (Å²) in [5, 5.41) is 5.49. The van der Waals surface area contributed by atoms with Crippen molar-refractivity contribution in [3.8, 4) is 0 Å². The lowest BCUT2D eigenvalue weighted by Gasteiger charge is -2.21. The minimum Gasteiger partial charge on any atom is -0.270 e. The summed E-state index contributed by atoms with van der Waals surface area (Å²) in [5.74, 6) is -1.33. The Bertz CT molecular complexity index is 870. The third-order valence-electron chi connectivity index (χ3n) is 4.18. The molecule has 118 valence electrons. The molecule has 0 spiro atoms. The molecule has 6 nitrogen and oxygen atoms in total. The number of hydrogen-bond donors (Lipinski definition) is 0. The van der Waals surface area contributed by atoms with E-state index >= 15 is 0 Å². The second kappa shape index (κ2) is 5.13. The van der Waals surface area contributed by atoms with Gasteiger partial charge in [0.05, 0.1) is 22.5 Å². The lowest BCUT2D eigenvalue weighted by atomic mass is 10.1. The van der Waals surface area contributed by atoms with E-state index in [9.17, 15) is 14.4 Å². The zero-order chi connectivity index (χ0) is 16.8. The molecule has 2 aliphatic heterocycles. The van der Waals surface area contributed by atoms with Crippen LogP contribution >= 0.6 is 0 Å². The van der Waals surface area contributed by atoms with Crippen molar-refractivity contribution < 1.29 is 14.4 Å². The summed E-state index contributed by atoms with van der Waals surface area (Å²) in [4.78, 5) is 39.0. The number of hydrazone groups is 1. The molecule has 0 bridgehead atoms. The highest BCUT2D eigenvalue weighted by Crippen LogP contribution is 2.29. The molecule has 6 heteroatoms. The Morgan fingerprint density at radius 3 is 1.96 bits per heavy atom. The molecule has 2 aromatic rings. The zero-order valence-electron chi connectivity index (χ0n) is 12.8. The van der Waals surface area contributed by atoms with Crippen LogP contribution in [0.4, 0.5) is 5.69 Å². The van der Waals surface area contributed by atoms with Crippen LogP contribution in [0.25, 0.3) is 0 Å². The highest BCUT2D eigenvalue weighted by atomic mass is 16.2. The van der Waals surface area contributed by atoms with Gasteiger partial charge in [0.15, 0.2) is 6.04 Å². The number of benzene rings is 2. The molecule has 3 amide bonds. The van der Waals surface area contributed by atoms with Crippen LogP contribution in [0.2, 0.25) is 0 Å². The molecule has 2 aliphatic rings. The summed E-state index contributed by atoms with van der Waals surface area (Å²) in [6, 6.07) is 14.5. The van der Waals surface area contributed by atoms with Crippen LogP contribution in [0.5, 0.6) is 0 Å². The minimum atomic E-state index is -1.00. The van der Waals surface area contributed by atoms with Gasteiger partial charge in [-0.25, -0.2) is 0 Å². The second-order valence-corrected chi connectivity index (χ2v) is 5.66. The Labute approximate surface area is 138 Å². The normalized spacial score (nSPS) is 19.8. The first-order chi connectivity index (χ1) is 11.6. The number of rotatable bonds is 2. The van der Waals surface area contributed by atoms with E-state index in [4.69, 9.17) is 0 Å². The first-order valence-electron chi connectivity index (χ1n) is 7.50. The summed E-state index contributed by atoms with van der Waals surface area (Å²) in [6.45, 7) is 1.65. The van der Waals surface area contributed by atoms with Gasteiger partial charge in [-0.3, -0.25) is 19.3 Å². The fourth-order valence-corrected chi connectivity index (χ4v) is 3.05. The van der Waals surface area contributed by atoms with Gasteiger partial charge in [0, 0.05) is 0 Å². The van der Waals surface area contributed by atoms with E-state index in [1.807, 2.05) is 6.07 Å². The molecule has 24 heavy (non-hydrogen) atoms. The average Bonchev–Trinajstić information content (AvgIpc) is 3.03. The molecule has 2 aromatic carbocycles. The number of nitrogens with zero attached hydrogens (tertiary/aromatic N) is 3. The minimum absolute atomic E-state index is 0.321. The number of carbonyl (C=O) groups is 3. The first-order valence-corrected chi connectivity index (χ1v) is 7.50. The maximum Gasteiger partial charge on any atom is 0.276 e. The van der Waals surface area contributed by atoms with Crippen LogP contribution in [-0.4, -0.2) is 34.4 Å². The second-order valence-electron chi connectivity index (χ2n) is 5.66. The Kier molecular flexibility index (Phi) is 3.06. The van der Waals surface area contributed by atoms with Crippen LogP contribution in [0.1, 0.15) is 27.6 Å². The summed E-state index contributed by atoms with van der Waals surface area (Å²) >= 11 is 0. The average molecular weight is 319 g/mol. The van der Waals surface area contributed by atoms with Gasteiger partial charge in [0.1, 0.15) is 0 Å². The first kappa shape index (κ1) is 14.3. The quantitative estimate of drug-likeness (QED) is 0.796. The summed E-state index contributed by atoms with van der Waals surface area (Å²) in [6.07, 6.45) is 0. The molecule has 0 N–H and O–H groups in total. The Hall–Kier alpha value is -3.28. The number of amides is 3. The van der Waals surface area contributed by atoms with Crippen molar-refractivity contribution in [3.05, 3.63) is 65.7 Å². The van der Waals surface area contributed by atoms with Gasteiger partial charge in [-0.05, 0) is 31.2 Å². The molecule has 0 saturated carbocycles. The van der Waals surface area contributed by atoms with Crippen LogP contribution in [0.15, 0.2) is 59.7 Å². The van der Waals surface area contributed by atoms with E-state index in [-0.39, 0.29) is 0 Å². The van der Waals surface area contributed by atoms with Crippen LogP contribution in [0.3, 0.4) is 0 Å². The lowest BCUT2D eigenvalue weighted by molar-refractivity contribution is -0.119. The van der Waals surface area contributed by atoms with Gasteiger partial charge >= 0.3 is 0 Å². The lowest BCUT2D eigenvalue weighted by Crippen LogP contribution is -2.49. The Morgan fingerprint density at radius 1 is 0.833 bits per heavy atom. The maximum atomic E-state index is 12.8. The topological polar surface area (TPSA) is 70.1 Å². The molecule has 2 heterocycles. The highest BCUT2D eigenvalue weighted by molar-refractivity contribution is 6.29. The van der Waals surface area contributed by atoms with Crippen molar-refractivity contribution in [2.24, 2.45) is 5.10 Å². The van der Waals surface area contributed by atoms with Crippen LogP contribution < -0.4 is 5.01 Å². The van der Waals surface area contributed by atoms with Crippen molar-refractivity contribution in [3.63, 3.8) is 0 Å². The predicted molar refractivity (Wildman–Crippen MR) is 87.8 cm³/mol. The van der Waals surface area contributed by atoms with E-state index in [1.54, 1.807) is 55.5 Å². The van der Waals surface area contributed by atoms with Crippen LogP contribution in [0, 0.1) is 0 Å². The Morgan fingerprint density at radius 2 is 1.38 bits per heavy atom. The maximum absolute atomic E-state index is 12.8. The largest absolute Gasteiger partial charge is 0.276 e. The fraction of sp³-hybridized carbons (Fsp3) is 0.111. The van der Waals surface area contributed by atoms with E-state index in [0.717, 1.165) is 4.90 Å². The molecule has 1 atom stereocenters. The smallest absolute Gasteiger partial charge is 0.270 e. The van der Waals surface area contributed by atoms with Crippen molar-refractivity contribution in [2.45, 2.75) is 13.0 Å². The van der Waals surface area contributed by atoms with Gasteiger partial charge in [0.25, 0.3) is 17.7 Å². The number of imide groups is 1. The van der Waals surface area contributed by atoms with Gasteiger partial charge in [-0.2, -0.15) is 10.1 Å². The van der Waals surface area contributed by atoms with Gasteiger partial charge < -0.3 is 0 Å². The molecule has 0 radical (unpaired) electrons. The SMILES string of the molecule is CC1=NN(c2ccccc2)C(=O)[C@@H]1N1C(=O)c2ccccc2C1=O. The standard InChI is InChI=1S/C18H13N3O3/c1-11-15(18(24)21(19-11)12-7-3-2-4-8-12)20-16(22)13-9-5-6-10-14(13)17(20)23/h2-10,15H,1H3/t15-/m1/s1. The zero-order valence-corrected chi connectivity index (χ0v) is 12.8. The van der Waals surface area contributed by atoms with Crippen molar-refractivity contribution in [1.29, 1.82) is 0 Å². The van der Waals surface area contributed by atoms with E-state index < -0.39 is 23.8 Å². The van der Waals surface area contributed by atoms with Gasteiger partial charge in [-0.15, -0.1) is 0 Å². The molecule has 4 rings (SSSR count). The third-order valence-corrected chi connectivity index (χ3v) is 4.18. The van der Waals surface area contributed by atoms with Crippen molar-refractivity contribution >= 4 is 29.1 Å². The molecular formula is C18H13N3O3. The van der Waals surface area contributed by atoms with Gasteiger partial charge in [-0.1, -0.05) is 30.3 Å². The number of para-hydroxylation sites is 1. The number of carbonyl (C=O) groups excluding carboxylic acids is 3. The van der Waals surface area contributed by atoms with E-state index in [0.29, 0.717) is 22.5 Å². The third kappa shape index (κ3) is 1.89. The van der Waals surface area contributed by atoms with Crippen molar-refractivity contribution in [2.75, 3.05) is 5.01 Å². The van der Waals surface area contributed by atoms with Gasteiger partial charge in [0.2, 0.25) is 0 Å². The number of hydrogen-bond acceptors (Lipinski definition) is 4. The molecule has 0 fully saturated rings. The van der Waals surface area contributed by atoms with Crippen LogP contribution in [-0.2, 0) is 4.79 Å². The fourth-order valence-electron chi connectivity index (χ4n) is 3.05. The highest BCUT2D eigenvalue weighted by Gasteiger charge is 2.48. The molecule has 0 unspecified atom stereocenters. The van der Waals surface area contributed by atoms with E-state index in [2.05, 4.69) is 5.10 Å². The summed E-state index contributed by atoms with van der Waals surface area (Å²) in [5.41, 5.74) is 1.65. The molecular weight excluding hydrogens is 306 g/mol. The summed E-state index contributed by atoms with van der Waals surface area (Å²) < 4.78 is 0. The molecule has 0 saturated heterocycles. The molecule has 0 aliphatic carbocycles. The molecule has 0 aromatic heterocycles. The Balaban J connectivity index is 1.72. The predicted octanol–water partition coefficient (Wildman–Crippen LogP) is 2.07.